The van der Waals surface area contributed by atoms with Gasteiger partial charge in [-0.25, -0.2) is 0 Å². The first-order chi connectivity index (χ1) is 9.13. The van der Waals surface area contributed by atoms with Crippen LogP contribution in [0.2, 0.25) is 5.02 Å². The zero-order chi connectivity index (χ0) is 13.8. The SMILES string of the molecule is CCCNC(c1cc(Br)ccc1Cl)c1cscc1Br. The fourth-order valence-corrected chi connectivity index (χ4v) is 4.07. The molecule has 1 unspecified atom stereocenters. The summed E-state index contributed by atoms with van der Waals surface area (Å²) in [6, 6.07) is 6.10. The first-order valence-corrected chi connectivity index (χ1v) is 8.94. The van der Waals surface area contributed by atoms with Gasteiger partial charge in [0.15, 0.2) is 0 Å². The van der Waals surface area contributed by atoms with Crippen LogP contribution in [-0.2, 0) is 0 Å². The van der Waals surface area contributed by atoms with Crippen molar-refractivity contribution in [3.8, 4) is 0 Å². The van der Waals surface area contributed by atoms with Gasteiger partial charge in [0.05, 0.1) is 6.04 Å². The first-order valence-electron chi connectivity index (χ1n) is 6.03. The maximum absolute atomic E-state index is 6.37. The lowest BCUT2D eigenvalue weighted by Crippen LogP contribution is -2.23. The van der Waals surface area contributed by atoms with Gasteiger partial charge in [-0.15, -0.1) is 0 Å². The quantitative estimate of drug-likeness (QED) is 0.620. The second-order valence-corrected chi connectivity index (χ2v) is 7.15. The van der Waals surface area contributed by atoms with Crippen LogP contribution in [0.4, 0.5) is 0 Å². The predicted octanol–water partition coefficient (Wildman–Crippen LogP) is 6.02. The van der Waals surface area contributed by atoms with Crippen LogP contribution >= 0.6 is 54.8 Å². The average molecular weight is 424 g/mol. The number of hydrogen-bond acceptors (Lipinski definition) is 2. The van der Waals surface area contributed by atoms with E-state index in [1.807, 2.05) is 12.1 Å². The maximum Gasteiger partial charge on any atom is 0.0611 e. The van der Waals surface area contributed by atoms with Gasteiger partial charge in [0.25, 0.3) is 0 Å². The van der Waals surface area contributed by atoms with Crippen molar-refractivity contribution in [2.75, 3.05) is 6.54 Å². The smallest absolute Gasteiger partial charge is 0.0611 e. The fourth-order valence-electron chi connectivity index (χ4n) is 1.91. The Kier molecular flexibility index (Phi) is 5.90. The van der Waals surface area contributed by atoms with E-state index in [2.05, 4.69) is 60.9 Å². The second kappa shape index (κ2) is 7.23. The summed E-state index contributed by atoms with van der Waals surface area (Å²) in [5, 5.41) is 8.62. The monoisotopic (exact) mass is 421 g/mol. The molecule has 0 fully saturated rings. The topological polar surface area (TPSA) is 12.0 Å². The first kappa shape index (κ1) is 15.5. The Morgan fingerprint density at radius 2 is 2.05 bits per heavy atom. The highest BCUT2D eigenvalue weighted by molar-refractivity contribution is 9.10. The molecule has 2 rings (SSSR count). The molecule has 1 atom stereocenters. The normalized spacial score (nSPS) is 12.6. The molecule has 5 heteroatoms. The average Bonchev–Trinajstić information content (AvgIpc) is 2.80. The minimum atomic E-state index is 0.116. The number of benzene rings is 1. The van der Waals surface area contributed by atoms with Crippen LogP contribution in [0.3, 0.4) is 0 Å². The molecule has 1 N–H and O–H groups in total. The maximum atomic E-state index is 6.37. The van der Waals surface area contributed by atoms with Crippen LogP contribution in [-0.4, -0.2) is 6.54 Å². The van der Waals surface area contributed by atoms with Gasteiger partial charge in [-0.1, -0.05) is 34.5 Å². The zero-order valence-corrected chi connectivity index (χ0v) is 15.2. The lowest BCUT2D eigenvalue weighted by molar-refractivity contribution is 0.598. The van der Waals surface area contributed by atoms with E-state index in [-0.39, 0.29) is 6.04 Å². The van der Waals surface area contributed by atoms with E-state index in [0.717, 1.165) is 32.5 Å². The number of nitrogens with one attached hydrogen (secondary N) is 1. The fraction of sp³-hybridized carbons (Fsp3) is 0.286. The minimum Gasteiger partial charge on any atom is -0.306 e. The molecule has 1 nitrogen and oxygen atoms in total. The summed E-state index contributed by atoms with van der Waals surface area (Å²) in [5.74, 6) is 0. The third-order valence-corrected chi connectivity index (χ3v) is 5.41. The molecule has 0 saturated heterocycles. The third kappa shape index (κ3) is 3.82. The lowest BCUT2D eigenvalue weighted by Gasteiger charge is -2.20. The molecule has 0 radical (unpaired) electrons. The summed E-state index contributed by atoms with van der Waals surface area (Å²) < 4.78 is 2.17. The van der Waals surface area contributed by atoms with Crippen molar-refractivity contribution in [3.05, 3.63) is 54.1 Å². The molecule has 0 amide bonds. The van der Waals surface area contributed by atoms with E-state index in [0.29, 0.717) is 0 Å². The summed E-state index contributed by atoms with van der Waals surface area (Å²) in [6.07, 6.45) is 1.09. The van der Waals surface area contributed by atoms with Crippen LogP contribution in [0.1, 0.15) is 30.5 Å². The summed E-state index contributed by atoms with van der Waals surface area (Å²) in [6.45, 7) is 3.12. The minimum absolute atomic E-state index is 0.116. The standard InChI is InChI=1S/C14H14Br2ClNS/c1-2-5-18-14(11-7-19-8-12(11)16)10-6-9(15)3-4-13(10)17/h3-4,6-8,14,18H,2,5H2,1H3. The van der Waals surface area contributed by atoms with Gasteiger partial charge in [0.1, 0.15) is 0 Å². The summed E-state index contributed by atoms with van der Waals surface area (Å²) in [7, 11) is 0. The number of halogens is 3. The van der Waals surface area contributed by atoms with Gasteiger partial charge in [0, 0.05) is 19.3 Å². The van der Waals surface area contributed by atoms with Crippen molar-refractivity contribution in [2.45, 2.75) is 19.4 Å². The highest BCUT2D eigenvalue weighted by Gasteiger charge is 2.19. The third-order valence-electron chi connectivity index (χ3n) is 2.82. The molecule has 2 aromatic rings. The molecule has 1 aromatic heterocycles. The van der Waals surface area contributed by atoms with Crippen molar-refractivity contribution in [2.24, 2.45) is 0 Å². The predicted molar refractivity (Wildman–Crippen MR) is 91.3 cm³/mol. The second-order valence-electron chi connectivity index (χ2n) is 4.23. The Balaban J connectivity index is 2.42. The van der Waals surface area contributed by atoms with Crippen LogP contribution < -0.4 is 5.32 Å². The Morgan fingerprint density at radius 3 is 2.68 bits per heavy atom. The van der Waals surface area contributed by atoms with Gasteiger partial charge in [-0.05, 0) is 63.6 Å². The molecule has 0 spiro atoms. The Morgan fingerprint density at radius 1 is 1.26 bits per heavy atom. The van der Waals surface area contributed by atoms with Crippen LogP contribution in [0, 0.1) is 0 Å². The largest absolute Gasteiger partial charge is 0.306 e. The van der Waals surface area contributed by atoms with E-state index >= 15 is 0 Å². The van der Waals surface area contributed by atoms with Crippen molar-refractivity contribution in [1.29, 1.82) is 0 Å². The molecule has 102 valence electrons. The van der Waals surface area contributed by atoms with Crippen molar-refractivity contribution >= 4 is 54.8 Å². The highest BCUT2D eigenvalue weighted by atomic mass is 79.9. The summed E-state index contributed by atoms with van der Waals surface area (Å²) in [4.78, 5) is 0. The molecule has 0 aliphatic rings. The number of rotatable bonds is 5. The number of thiophene rings is 1. The molecule has 1 aromatic carbocycles. The molecule has 0 aliphatic heterocycles. The highest BCUT2D eigenvalue weighted by Crippen LogP contribution is 2.35. The molecular weight excluding hydrogens is 409 g/mol. The van der Waals surface area contributed by atoms with E-state index in [1.165, 1.54) is 5.56 Å². The van der Waals surface area contributed by atoms with Gasteiger partial charge in [-0.2, -0.15) is 11.3 Å². The Bertz CT molecular complexity index is 556. The molecular formula is C14H14Br2ClNS. The van der Waals surface area contributed by atoms with Gasteiger partial charge >= 0.3 is 0 Å². The molecule has 19 heavy (non-hydrogen) atoms. The molecule has 1 heterocycles. The van der Waals surface area contributed by atoms with Gasteiger partial charge in [0.2, 0.25) is 0 Å². The Hall–Kier alpha value is 0.130. The zero-order valence-electron chi connectivity index (χ0n) is 10.4. The number of hydrogen-bond donors (Lipinski definition) is 1. The molecule has 0 saturated carbocycles. The van der Waals surface area contributed by atoms with Crippen molar-refractivity contribution in [3.63, 3.8) is 0 Å². The summed E-state index contributed by atoms with van der Waals surface area (Å²) >= 11 is 15.2. The van der Waals surface area contributed by atoms with Gasteiger partial charge in [-0.3, -0.25) is 0 Å². The Labute approximate surface area is 139 Å². The van der Waals surface area contributed by atoms with Crippen LogP contribution in [0.5, 0.6) is 0 Å². The van der Waals surface area contributed by atoms with Crippen molar-refractivity contribution in [1.82, 2.24) is 5.32 Å². The van der Waals surface area contributed by atoms with Gasteiger partial charge < -0.3 is 5.32 Å². The summed E-state index contributed by atoms with van der Waals surface area (Å²) in [5.41, 5.74) is 2.34. The van der Waals surface area contributed by atoms with Crippen LogP contribution in [0.15, 0.2) is 37.9 Å². The van der Waals surface area contributed by atoms with Crippen LogP contribution in [0.25, 0.3) is 0 Å². The molecule has 0 bridgehead atoms. The van der Waals surface area contributed by atoms with E-state index < -0.39 is 0 Å². The molecule has 0 aliphatic carbocycles. The van der Waals surface area contributed by atoms with E-state index in [1.54, 1.807) is 11.3 Å². The van der Waals surface area contributed by atoms with Crippen molar-refractivity contribution < 1.29 is 0 Å². The lowest BCUT2D eigenvalue weighted by atomic mass is 10.0. The van der Waals surface area contributed by atoms with E-state index in [9.17, 15) is 0 Å². The van der Waals surface area contributed by atoms with E-state index in [4.69, 9.17) is 11.6 Å².